The van der Waals surface area contributed by atoms with E-state index >= 15 is 0 Å². The molecule has 41 heavy (non-hydrogen) atoms. The second-order valence-electron chi connectivity index (χ2n) is 10.6. The van der Waals surface area contributed by atoms with Gasteiger partial charge in [0, 0.05) is 12.3 Å². The van der Waals surface area contributed by atoms with E-state index in [0.717, 1.165) is 0 Å². The van der Waals surface area contributed by atoms with Gasteiger partial charge in [0.25, 0.3) is 0 Å². The summed E-state index contributed by atoms with van der Waals surface area (Å²) in [4.78, 5) is 41.4. The molecule has 0 heterocycles. The second kappa shape index (κ2) is 12.4. The Morgan fingerprint density at radius 2 is 1.37 bits per heavy atom. The molecule has 216 valence electrons. The van der Waals surface area contributed by atoms with E-state index in [9.17, 15) is 19.5 Å². The van der Waals surface area contributed by atoms with Crippen molar-refractivity contribution in [2.75, 3.05) is 24.9 Å². The van der Waals surface area contributed by atoms with Crippen LogP contribution in [0.2, 0.25) is 0 Å². The molecule has 0 aliphatic heterocycles. The third kappa shape index (κ3) is 6.52. The van der Waals surface area contributed by atoms with E-state index < -0.39 is 41.0 Å². The minimum atomic E-state index is -1.75. The molecule has 2 amide bonds. The highest BCUT2D eigenvalue weighted by molar-refractivity contribution is 6.11. The number of rotatable bonds is 9. The zero-order chi connectivity index (χ0) is 29.7. The van der Waals surface area contributed by atoms with E-state index in [1.165, 1.54) is 21.1 Å². The quantitative estimate of drug-likeness (QED) is 0.321. The van der Waals surface area contributed by atoms with Gasteiger partial charge in [-0.1, -0.05) is 36.4 Å². The molecule has 1 aliphatic rings. The van der Waals surface area contributed by atoms with Gasteiger partial charge in [0.05, 0.1) is 43.2 Å². The van der Waals surface area contributed by atoms with E-state index in [4.69, 9.17) is 14.2 Å². The topological polar surface area (TPSA) is 123 Å². The number of ether oxygens (including phenoxy) is 3. The van der Waals surface area contributed by atoms with E-state index in [-0.39, 0.29) is 12.5 Å². The molecule has 4 unspecified atom stereocenters. The Labute approximate surface area is 239 Å². The Morgan fingerprint density at radius 1 is 0.854 bits per heavy atom. The van der Waals surface area contributed by atoms with Gasteiger partial charge in [-0.05, 0) is 62.7 Å². The summed E-state index contributed by atoms with van der Waals surface area (Å²) < 4.78 is 16.5. The number of benzene rings is 3. The molecule has 0 radical (unpaired) electrons. The fourth-order valence-corrected chi connectivity index (χ4v) is 5.45. The largest absolute Gasteiger partial charge is 0.495 e. The zero-order valence-electron chi connectivity index (χ0n) is 23.8. The lowest BCUT2D eigenvalue weighted by Gasteiger charge is -2.44. The van der Waals surface area contributed by atoms with Crippen LogP contribution in [0.1, 0.15) is 38.7 Å². The molecule has 1 aliphatic carbocycles. The van der Waals surface area contributed by atoms with Crippen LogP contribution in [-0.2, 0) is 14.4 Å². The number of Topliss-reactive ketones (excluding diaryl/α,β-unsaturated/α-hetero) is 1. The molecule has 9 nitrogen and oxygen atoms in total. The summed E-state index contributed by atoms with van der Waals surface area (Å²) in [5.74, 6) is -3.60. The number of nitrogens with one attached hydrogen (secondary N) is 2. The fourth-order valence-electron chi connectivity index (χ4n) is 5.45. The molecule has 9 heteroatoms. The molecule has 0 aromatic heterocycles. The minimum Gasteiger partial charge on any atom is -0.495 e. The Morgan fingerprint density at radius 3 is 1.88 bits per heavy atom. The van der Waals surface area contributed by atoms with Crippen LogP contribution in [0.4, 0.5) is 11.4 Å². The molecule has 4 rings (SSSR count). The van der Waals surface area contributed by atoms with Crippen LogP contribution in [0.25, 0.3) is 0 Å². The number of hydrogen-bond donors (Lipinski definition) is 3. The molecule has 3 aromatic rings. The van der Waals surface area contributed by atoms with Crippen molar-refractivity contribution < 1.29 is 33.7 Å². The van der Waals surface area contributed by atoms with E-state index in [1.54, 1.807) is 72.8 Å². The van der Waals surface area contributed by atoms with Crippen LogP contribution in [0.15, 0.2) is 72.8 Å². The van der Waals surface area contributed by atoms with Gasteiger partial charge in [0.2, 0.25) is 11.8 Å². The number of carbonyl (C=O) groups is 3. The minimum absolute atomic E-state index is 0.0587. The number of ketones is 1. The first kappa shape index (κ1) is 29.6. The molecular weight excluding hydrogens is 524 g/mol. The third-order valence-corrected chi connectivity index (χ3v) is 7.20. The van der Waals surface area contributed by atoms with Crippen molar-refractivity contribution in [3.8, 4) is 17.2 Å². The van der Waals surface area contributed by atoms with Gasteiger partial charge in [-0.3, -0.25) is 14.4 Å². The summed E-state index contributed by atoms with van der Waals surface area (Å²) in [6, 6.07) is 20.7. The lowest BCUT2D eigenvalue weighted by atomic mass is 9.61. The molecular formula is C32H36N2O7. The number of para-hydroxylation sites is 4. The average molecular weight is 561 g/mol. The SMILES string of the molecule is COc1ccccc1NC(=O)C1C(=O)CC(C)(O)C(C(=O)Nc2ccccc2OC)C1c1ccc(OC(C)C)cc1. The Balaban J connectivity index is 1.79. The van der Waals surface area contributed by atoms with Gasteiger partial charge in [-0.25, -0.2) is 0 Å². The Hall–Kier alpha value is -4.37. The second-order valence-corrected chi connectivity index (χ2v) is 10.6. The number of amides is 2. The number of anilines is 2. The molecule has 3 aromatic carbocycles. The average Bonchev–Trinajstić information content (AvgIpc) is 2.92. The van der Waals surface area contributed by atoms with Crippen LogP contribution >= 0.6 is 0 Å². The normalized spacial score (nSPS) is 22.1. The van der Waals surface area contributed by atoms with Crippen LogP contribution in [-0.4, -0.2) is 48.6 Å². The summed E-state index contributed by atoms with van der Waals surface area (Å²) in [5.41, 5.74) is -0.418. The van der Waals surface area contributed by atoms with Crippen molar-refractivity contribution in [2.45, 2.75) is 44.8 Å². The third-order valence-electron chi connectivity index (χ3n) is 7.20. The van der Waals surface area contributed by atoms with Gasteiger partial charge >= 0.3 is 0 Å². The summed E-state index contributed by atoms with van der Waals surface area (Å²) >= 11 is 0. The molecule has 3 N–H and O–H groups in total. The van der Waals surface area contributed by atoms with E-state index in [2.05, 4.69) is 10.6 Å². The zero-order valence-corrected chi connectivity index (χ0v) is 23.8. The standard InChI is InChI=1S/C32H36N2O7/c1-19(2)41-21-16-14-20(15-17-21)27-28(30(36)33-22-10-6-8-12-25(22)39-4)24(35)18-32(3,38)29(27)31(37)34-23-11-7-9-13-26(23)40-5/h6-17,19,27-29,38H,18H2,1-5H3,(H,33,36)(H,34,37). The van der Waals surface area contributed by atoms with Gasteiger partial charge in [0.15, 0.2) is 0 Å². The number of aliphatic hydroxyl groups is 1. The molecule has 4 atom stereocenters. The van der Waals surface area contributed by atoms with E-state index in [0.29, 0.717) is 34.2 Å². The first-order valence-electron chi connectivity index (χ1n) is 13.4. The summed E-state index contributed by atoms with van der Waals surface area (Å²) in [7, 11) is 2.97. The van der Waals surface area contributed by atoms with Gasteiger partial charge in [-0.2, -0.15) is 0 Å². The first-order chi connectivity index (χ1) is 19.6. The highest BCUT2D eigenvalue weighted by Crippen LogP contribution is 2.47. The summed E-state index contributed by atoms with van der Waals surface area (Å²) in [6.07, 6.45) is -0.442. The molecule has 0 spiro atoms. The monoisotopic (exact) mass is 560 g/mol. The van der Waals surface area contributed by atoms with Crippen molar-refractivity contribution in [2.24, 2.45) is 11.8 Å². The van der Waals surface area contributed by atoms with Crippen LogP contribution < -0.4 is 24.8 Å². The van der Waals surface area contributed by atoms with Crippen molar-refractivity contribution in [1.82, 2.24) is 0 Å². The number of methoxy groups -OCH3 is 2. The number of carbonyl (C=O) groups excluding carboxylic acids is 3. The van der Waals surface area contributed by atoms with Gasteiger partial charge in [-0.15, -0.1) is 0 Å². The predicted octanol–water partition coefficient (Wildman–Crippen LogP) is 4.81. The highest BCUT2D eigenvalue weighted by Gasteiger charge is 2.56. The maximum absolute atomic E-state index is 14.0. The van der Waals surface area contributed by atoms with Gasteiger partial charge in [0.1, 0.15) is 28.9 Å². The van der Waals surface area contributed by atoms with Crippen molar-refractivity contribution in [3.63, 3.8) is 0 Å². The maximum Gasteiger partial charge on any atom is 0.235 e. The van der Waals surface area contributed by atoms with Crippen LogP contribution in [0.5, 0.6) is 17.2 Å². The molecule has 1 saturated carbocycles. The van der Waals surface area contributed by atoms with Crippen LogP contribution in [0, 0.1) is 11.8 Å². The summed E-state index contributed by atoms with van der Waals surface area (Å²) in [6.45, 7) is 5.26. The fraction of sp³-hybridized carbons (Fsp3) is 0.344. The van der Waals surface area contributed by atoms with Gasteiger partial charge < -0.3 is 30.0 Å². The molecule has 0 bridgehead atoms. The maximum atomic E-state index is 14.0. The van der Waals surface area contributed by atoms with Crippen LogP contribution in [0.3, 0.4) is 0 Å². The number of hydrogen-bond acceptors (Lipinski definition) is 7. The smallest absolute Gasteiger partial charge is 0.235 e. The Bertz CT molecular complexity index is 1400. The van der Waals surface area contributed by atoms with E-state index in [1.807, 2.05) is 13.8 Å². The molecule has 0 saturated heterocycles. The predicted molar refractivity (Wildman–Crippen MR) is 155 cm³/mol. The first-order valence-corrected chi connectivity index (χ1v) is 13.4. The van der Waals surface area contributed by atoms with Crippen molar-refractivity contribution in [3.05, 3.63) is 78.4 Å². The molecule has 1 fully saturated rings. The highest BCUT2D eigenvalue weighted by atomic mass is 16.5. The lowest BCUT2D eigenvalue weighted by molar-refractivity contribution is -0.150. The Kier molecular flexibility index (Phi) is 8.98. The van der Waals surface area contributed by atoms with Crippen molar-refractivity contribution >= 4 is 29.0 Å². The van der Waals surface area contributed by atoms with Crippen molar-refractivity contribution in [1.29, 1.82) is 0 Å². The summed E-state index contributed by atoms with van der Waals surface area (Å²) in [5, 5.41) is 17.2. The lowest BCUT2D eigenvalue weighted by Crippen LogP contribution is -2.56.